The molecule has 5 aromatic rings. The van der Waals surface area contributed by atoms with Gasteiger partial charge in [-0.15, -0.1) is 10.2 Å². The number of carboxylic acid groups (broad SMARTS) is 1. The average Bonchev–Trinajstić information content (AvgIpc) is 2.95. The molecule has 0 heterocycles. The molecule has 238 valence electrons. The Kier molecular flexibility index (Phi) is 7.93. The number of aromatic hydroxyl groups is 1. The first-order chi connectivity index (χ1) is 21.4. The Balaban J connectivity index is 1.61. The Labute approximate surface area is 259 Å². The van der Waals surface area contributed by atoms with Crippen LogP contribution in [0.25, 0.3) is 21.5 Å². The van der Waals surface area contributed by atoms with Gasteiger partial charge in [0.05, 0.1) is 27.5 Å². The summed E-state index contributed by atoms with van der Waals surface area (Å²) in [6, 6.07) is 13.8. The maximum atomic E-state index is 12.3. The summed E-state index contributed by atoms with van der Waals surface area (Å²) in [6.07, 6.45) is 0. The van der Waals surface area contributed by atoms with Crippen LogP contribution in [-0.2, 0) is 30.4 Å². The van der Waals surface area contributed by atoms with Gasteiger partial charge >= 0.3 is 5.97 Å². The van der Waals surface area contributed by atoms with Gasteiger partial charge in [0, 0.05) is 21.5 Å². The van der Waals surface area contributed by atoms with Crippen molar-refractivity contribution in [3.05, 3.63) is 78.4 Å². The van der Waals surface area contributed by atoms with Crippen molar-refractivity contribution in [2.24, 2.45) is 10.2 Å². The highest BCUT2D eigenvalue weighted by Gasteiger charge is 2.24. The van der Waals surface area contributed by atoms with Crippen LogP contribution < -0.4 is 11.1 Å². The molecule has 19 heteroatoms. The van der Waals surface area contributed by atoms with Crippen LogP contribution in [0.15, 0.2) is 97.7 Å². The van der Waals surface area contributed by atoms with Gasteiger partial charge in [-0.05, 0) is 54.6 Å². The Bertz CT molecular complexity index is 2480. The van der Waals surface area contributed by atoms with E-state index in [-0.39, 0.29) is 44.3 Å². The summed E-state index contributed by atoms with van der Waals surface area (Å²) in [5.74, 6) is -2.00. The number of nitrogen functional groups attached to an aromatic ring is 1. The van der Waals surface area contributed by atoms with E-state index >= 15 is 0 Å². The largest absolute Gasteiger partial charge is 0.505 e. The summed E-state index contributed by atoms with van der Waals surface area (Å²) in [7, 11) is -14.5. The molecule has 0 aliphatic rings. The second-order valence-electron chi connectivity index (χ2n) is 9.59. The van der Waals surface area contributed by atoms with Crippen molar-refractivity contribution in [1.82, 2.24) is 0 Å². The van der Waals surface area contributed by atoms with Crippen LogP contribution in [0.5, 0.6) is 5.75 Å². The number of nitrogens with two attached hydrogens (primary N) is 1. The van der Waals surface area contributed by atoms with Crippen LogP contribution in [0.4, 0.5) is 28.4 Å². The lowest BCUT2D eigenvalue weighted by Crippen LogP contribution is -2.07. The fourth-order valence-corrected chi connectivity index (χ4v) is 6.73. The minimum Gasteiger partial charge on any atom is -0.505 e. The average molecular weight is 689 g/mol. The highest BCUT2D eigenvalue weighted by molar-refractivity contribution is 7.86. The zero-order chi connectivity index (χ0) is 33.8. The monoisotopic (exact) mass is 688 g/mol. The number of benzene rings is 5. The van der Waals surface area contributed by atoms with E-state index in [9.17, 15) is 53.9 Å². The van der Waals surface area contributed by atoms with Gasteiger partial charge < -0.3 is 21.3 Å². The number of hydrogen-bond donors (Lipinski definition) is 7. The number of azo groups is 1. The lowest BCUT2D eigenvalue weighted by molar-refractivity contribution is 0.0697. The van der Waals surface area contributed by atoms with Crippen LogP contribution in [-0.4, -0.2) is 55.1 Å². The number of anilines is 3. The van der Waals surface area contributed by atoms with Crippen molar-refractivity contribution >= 4 is 86.3 Å². The molecule has 0 fully saturated rings. The van der Waals surface area contributed by atoms with E-state index in [0.717, 1.165) is 42.5 Å². The first-order valence-corrected chi connectivity index (χ1v) is 16.8. The van der Waals surface area contributed by atoms with Crippen LogP contribution in [0, 0.1) is 0 Å². The zero-order valence-corrected chi connectivity index (χ0v) is 25.2. The molecule has 0 aromatic heterocycles. The van der Waals surface area contributed by atoms with E-state index in [1.54, 1.807) is 0 Å². The molecule has 46 heavy (non-hydrogen) atoms. The maximum absolute atomic E-state index is 12.3. The second-order valence-corrected chi connectivity index (χ2v) is 13.8. The minimum atomic E-state index is -5.04. The van der Waals surface area contributed by atoms with Crippen molar-refractivity contribution in [3.8, 4) is 5.75 Å². The number of phenols is 1. The molecule has 5 rings (SSSR count). The topological polar surface area (TPSA) is 283 Å². The maximum Gasteiger partial charge on any atom is 0.337 e. The zero-order valence-electron chi connectivity index (χ0n) is 22.7. The van der Waals surface area contributed by atoms with Crippen molar-refractivity contribution in [3.63, 3.8) is 0 Å². The molecular formula is C27H20N4O12S3. The fourth-order valence-electron chi connectivity index (χ4n) is 4.69. The number of aromatic carboxylic acids is 1. The number of nitrogens with zero attached hydrogens (tertiary/aromatic N) is 2. The Morgan fingerprint density at radius 1 is 0.696 bits per heavy atom. The van der Waals surface area contributed by atoms with Crippen molar-refractivity contribution < 1.29 is 53.9 Å². The van der Waals surface area contributed by atoms with E-state index in [2.05, 4.69) is 15.5 Å². The number of nitrogens with one attached hydrogen (secondary N) is 1. The molecule has 0 atom stereocenters. The van der Waals surface area contributed by atoms with E-state index in [1.165, 1.54) is 30.3 Å². The van der Waals surface area contributed by atoms with Crippen molar-refractivity contribution in [2.45, 2.75) is 14.7 Å². The van der Waals surface area contributed by atoms with Crippen molar-refractivity contribution in [2.75, 3.05) is 11.1 Å². The third kappa shape index (κ3) is 6.05. The summed E-state index contributed by atoms with van der Waals surface area (Å²) in [6.45, 7) is 0. The fraction of sp³-hybridized carbons (Fsp3) is 0. The first kappa shape index (κ1) is 32.2. The predicted molar refractivity (Wildman–Crippen MR) is 164 cm³/mol. The molecule has 0 spiro atoms. The Hall–Kier alpha value is -5.18. The lowest BCUT2D eigenvalue weighted by atomic mass is 10.0. The number of carbonyl (C=O) groups is 1. The Morgan fingerprint density at radius 2 is 1.33 bits per heavy atom. The number of phenolic OH excluding ortho intramolecular Hbond substituents is 1. The number of carboxylic acids is 1. The molecule has 0 bridgehead atoms. The third-order valence-corrected chi connectivity index (χ3v) is 9.42. The van der Waals surface area contributed by atoms with Crippen LogP contribution in [0.1, 0.15) is 10.4 Å². The molecule has 0 aliphatic heterocycles. The van der Waals surface area contributed by atoms with Crippen LogP contribution >= 0.6 is 0 Å². The number of hydrogen-bond acceptors (Lipinski definition) is 12. The molecule has 16 nitrogen and oxygen atoms in total. The Morgan fingerprint density at radius 3 is 1.96 bits per heavy atom. The summed E-state index contributed by atoms with van der Waals surface area (Å²) in [5.41, 5.74) is 5.07. The van der Waals surface area contributed by atoms with Gasteiger partial charge in [-0.25, -0.2) is 4.79 Å². The molecular weight excluding hydrogens is 669 g/mol. The molecule has 0 unspecified atom stereocenters. The number of fused-ring (bicyclic) bond motifs is 2. The normalized spacial score (nSPS) is 12.6. The van der Waals surface area contributed by atoms with E-state index in [0.29, 0.717) is 0 Å². The van der Waals surface area contributed by atoms with Gasteiger partial charge in [-0.2, -0.15) is 25.3 Å². The highest BCUT2D eigenvalue weighted by Crippen LogP contribution is 2.43. The number of rotatable bonds is 8. The SMILES string of the molecule is Nc1ccc2c(O)c(N=Nc3ccc4c(S(=O)(=O)O)cccc4c3S(=O)(=O)O)ccc2c1Nc1ccc(S(=O)(=O)O)cc1C(=O)O. The molecule has 0 radical (unpaired) electrons. The lowest BCUT2D eigenvalue weighted by Gasteiger charge is -2.16. The molecule has 5 aromatic carbocycles. The highest BCUT2D eigenvalue weighted by atomic mass is 32.2. The summed E-state index contributed by atoms with van der Waals surface area (Å²) >= 11 is 0. The van der Waals surface area contributed by atoms with E-state index in [4.69, 9.17) is 5.73 Å². The van der Waals surface area contributed by atoms with Gasteiger partial charge in [0.15, 0.2) is 5.75 Å². The smallest absolute Gasteiger partial charge is 0.337 e. The third-order valence-electron chi connectivity index (χ3n) is 6.71. The summed E-state index contributed by atoms with van der Waals surface area (Å²) in [5, 5.41) is 31.1. The van der Waals surface area contributed by atoms with Gasteiger partial charge in [-0.1, -0.05) is 18.2 Å². The summed E-state index contributed by atoms with van der Waals surface area (Å²) < 4.78 is 100. The standard InChI is InChI=1S/C27H20N4O12S3/c28-19-8-5-16-15(24(19)29-20-9-4-13(44(35,36)37)12-18(20)27(33)34)7-10-21(25(16)32)30-31-22-11-6-14-17(26(22)46(41,42)43)2-1-3-23(14)45(38,39)40/h1-12,29,32H,28H2,(H,33,34)(H,35,36,37)(H,38,39,40)(H,41,42,43). The molecule has 0 amide bonds. The minimum absolute atomic E-state index is 0.0923. The molecule has 0 saturated carbocycles. The predicted octanol–water partition coefficient (Wildman–Crippen LogP) is 4.88. The molecule has 8 N–H and O–H groups in total. The van der Waals surface area contributed by atoms with Gasteiger partial charge in [0.1, 0.15) is 21.2 Å². The van der Waals surface area contributed by atoms with Crippen LogP contribution in [0.2, 0.25) is 0 Å². The molecule has 0 aliphatic carbocycles. The van der Waals surface area contributed by atoms with Gasteiger partial charge in [-0.3, -0.25) is 13.7 Å². The van der Waals surface area contributed by atoms with E-state index in [1.807, 2.05) is 0 Å². The van der Waals surface area contributed by atoms with E-state index < -0.39 is 68.0 Å². The second kappa shape index (κ2) is 11.3. The van der Waals surface area contributed by atoms with Gasteiger partial charge in [0.2, 0.25) is 0 Å². The van der Waals surface area contributed by atoms with Crippen LogP contribution in [0.3, 0.4) is 0 Å². The van der Waals surface area contributed by atoms with Gasteiger partial charge in [0.25, 0.3) is 30.4 Å². The summed E-state index contributed by atoms with van der Waals surface area (Å²) in [4.78, 5) is 9.76. The van der Waals surface area contributed by atoms with Crippen molar-refractivity contribution in [1.29, 1.82) is 0 Å². The molecule has 0 saturated heterocycles. The first-order valence-electron chi connectivity index (χ1n) is 12.5. The quantitative estimate of drug-likeness (QED) is 0.0650.